The van der Waals surface area contributed by atoms with Crippen LogP contribution in [0.25, 0.3) is 10.9 Å². The van der Waals surface area contributed by atoms with Crippen molar-refractivity contribution in [1.82, 2.24) is 9.97 Å². The molecule has 16 heavy (non-hydrogen) atoms. The predicted molar refractivity (Wildman–Crippen MR) is 64.5 cm³/mol. The second kappa shape index (κ2) is 4.60. The first-order valence-electron chi connectivity index (χ1n) is 5.00. The lowest BCUT2D eigenvalue weighted by molar-refractivity contribution is 1.03. The Hall–Kier alpha value is -2.12. The largest absolute Gasteiger partial charge is 0.383 e. The molecule has 0 unspecified atom stereocenters. The van der Waals surface area contributed by atoms with E-state index >= 15 is 0 Å². The van der Waals surface area contributed by atoms with Crippen molar-refractivity contribution < 1.29 is 0 Å². The van der Waals surface area contributed by atoms with Crippen LogP contribution in [0.4, 0.5) is 5.82 Å². The van der Waals surface area contributed by atoms with Gasteiger partial charge in [0.15, 0.2) is 0 Å². The smallest absolute Gasteiger partial charge is 0.134 e. The summed E-state index contributed by atoms with van der Waals surface area (Å²) in [5.41, 5.74) is 12.9. The van der Waals surface area contributed by atoms with E-state index in [2.05, 4.69) is 21.8 Å². The lowest BCUT2D eigenvalue weighted by Crippen LogP contribution is -1.95. The van der Waals surface area contributed by atoms with Crippen LogP contribution in [0.1, 0.15) is 12.0 Å². The second-order valence-electron chi connectivity index (χ2n) is 3.33. The number of nitrogens with two attached hydrogens (primary N) is 2. The zero-order valence-corrected chi connectivity index (χ0v) is 8.77. The van der Waals surface area contributed by atoms with Gasteiger partial charge in [-0.05, 0) is 18.2 Å². The van der Waals surface area contributed by atoms with E-state index in [1.807, 2.05) is 18.2 Å². The molecule has 0 saturated carbocycles. The first kappa shape index (κ1) is 10.4. The molecule has 0 fully saturated rings. The van der Waals surface area contributed by atoms with Gasteiger partial charge in [0.1, 0.15) is 12.1 Å². The average molecular weight is 212 g/mol. The van der Waals surface area contributed by atoms with E-state index in [4.69, 9.17) is 11.5 Å². The number of aromatic nitrogens is 2. The molecule has 0 aliphatic carbocycles. The van der Waals surface area contributed by atoms with Crippen molar-refractivity contribution >= 4 is 16.7 Å². The van der Waals surface area contributed by atoms with E-state index < -0.39 is 0 Å². The molecule has 0 aliphatic heterocycles. The highest BCUT2D eigenvalue weighted by atomic mass is 14.9. The van der Waals surface area contributed by atoms with Crippen LogP contribution in [-0.2, 0) is 0 Å². The van der Waals surface area contributed by atoms with Gasteiger partial charge in [0.25, 0.3) is 0 Å². The molecule has 0 atom stereocenters. The number of nitrogens with zero attached hydrogens (tertiary/aromatic N) is 2. The van der Waals surface area contributed by atoms with Gasteiger partial charge in [-0.15, -0.1) is 0 Å². The molecule has 1 heterocycles. The minimum absolute atomic E-state index is 0.479. The van der Waals surface area contributed by atoms with E-state index in [0.29, 0.717) is 18.8 Å². The standard InChI is InChI=1S/C12H12N4/c13-6-2-1-3-9-4-5-11-10(7-9)12(14)16-8-15-11/h4-5,7-8H,2,6,13H2,(H2,14,15,16). The highest BCUT2D eigenvalue weighted by molar-refractivity contribution is 5.88. The van der Waals surface area contributed by atoms with Crippen LogP contribution in [0.2, 0.25) is 0 Å². The Morgan fingerprint density at radius 2 is 2.12 bits per heavy atom. The van der Waals surface area contributed by atoms with Gasteiger partial charge in [-0.1, -0.05) is 11.8 Å². The van der Waals surface area contributed by atoms with E-state index in [9.17, 15) is 0 Å². The fourth-order valence-corrected chi connectivity index (χ4v) is 1.39. The topological polar surface area (TPSA) is 77.8 Å². The fourth-order valence-electron chi connectivity index (χ4n) is 1.39. The third kappa shape index (κ3) is 2.10. The monoisotopic (exact) mass is 212 g/mol. The first-order chi connectivity index (χ1) is 7.81. The van der Waals surface area contributed by atoms with Crippen LogP contribution < -0.4 is 11.5 Å². The van der Waals surface area contributed by atoms with Gasteiger partial charge < -0.3 is 11.5 Å². The molecule has 80 valence electrons. The summed E-state index contributed by atoms with van der Waals surface area (Å²) < 4.78 is 0. The molecule has 2 rings (SSSR count). The van der Waals surface area contributed by atoms with Gasteiger partial charge in [-0.25, -0.2) is 9.97 Å². The molecule has 4 nitrogen and oxygen atoms in total. The maximum absolute atomic E-state index is 5.76. The van der Waals surface area contributed by atoms with E-state index in [1.165, 1.54) is 6.33 Å². The highest BCUT2D eigenvalue weighted by Gasteiger charge is 1.99. The molecular formula is C12H12N4. The van der Waals surface area contributed by atoms with E-state index in [1.54, 1.807) is 0 Å². The normalized spacial score (nSPS) is 9.81. The van der Waals surface area contributed by atoms with Crippen molar-refractivity contribution in [2.75, 3.05) is 12.3 Å². The lowest BCUT2D eigenvalue weighted by Gasteiger charge is -1.99. The van der Waals surface area contributed by atoms with Gasteiger partial charge in [0, 0.05) is 23.9 Å². The Morgan fingerprint density at radius 3 is 2.94 bits per heavy atom. The summed E-state index contributed by atoms with van der Waals surface area (Å²) in [6, 6.07) is 5.70. The molecule has 0 amide bonds. The second-order valence-corrected chi connectivity index (χ2v) is 3.33. The summed E-state index contributed by atoms with van der Waals surface area (Å²) in [4.78, 5) is 8.06. The quantitative estimate of drug-likeness (QED) is 0.689. The third-order valence-electron chi connectivity index (χ3n) is 2.17. The minimum atomic E-state index is 0.479. The van der Waals surface area contributed by atoms with Gasteiger partial charge >= 0.3 is 0 Å². The molecule has 2 aromatic rings. The molecule has 0 bridgehead atoms. The summed E-state index contributed by atoms with van der Waals surface area (Å²) in [6.07, 6.45) is 2.15. The third-order valence-corrected chi connectivity index (χ3v) is 2.17. The van der Waals surface area contributed by atoms with Crippen molar-refractivity contribution in [3.8, 4) is 11.8 Å². The zero-order valence-electron chi connectivity index (χ0n) is 8.77. The molecular weight excluding hydrogens is 200 g/mol. The van der Waals surface area contributed by atoms with Crippen LogP contribution in [0, 0.1) is 11.8 Å². The Kier molecular flexibility index (Phi) is 2.99. The number of nitrogen functional groups attached to an aromatic ring is 1. The zero-order chi connectivity index (χ0) is 11.4. The highest BCUT2D eigenvalue weighted by Crippen LogP contribution is 2.17. The summed E-state index contributed by atoms with van der Waals surface area (Å²) in [5, 5.41) is 0.835. The van der Waals surface area contributed by atoms with E-state index in [-0.39, 0.29) is 0 Å². The average Bonchev–Trinajstić information content (AvgIpc) is 2.30. The van der Waals surface area contributed by atoms with Crippen LogP contribution >= 0.6 is 0 Å². The van der Waals surface area contributed by atoms with Crippen molar-refractivity contribution in [2.24, 2.45) is 5.73 Å². The number of fused-ring (bicyclic) bond motifs is 1. The number of hydrogen-bond donors (Lipinski definition) is 2. The van der Waals surface area contributed by atoms with Crippen LogP contribution in [0.3, 0.4) is 0 Å². The number of rotatable bonds is 1. The molecule has 4 heteroatoms. The van der Waals surface area contributed by atoms with Crippen molar-refractivity contribution in [2.45, 2.75) is 6.42 Å². The molecule has 0 radical (unpaired) electrons. The Bertz CT molecular complexity index is 566. The van der Waals surface area contributed by atoms with Crippen molar-refractivity contribution in [3.05, 3.63) is 30.1 Å². The summed E-state index contributed by atoms with van der Waals surface area (Å²) in [7, 11) is 0. The van der Waals surface area contributed by atoms with E-state index in [0.717, 1.165) is 16.5 Å². The molecule has 0 spiro atoms. The Morgan fingerprint density at radius 1 is 1.25 bits per heavy atom. The van der Waals surface area contributed by atoms with Crippen molar-refractivity contribution in [1.29, 1.82) is 0 Å². The summed E-state index contributed by atoms with van der Waals surface area (Å²) in [5.74, 6) is 6.48. The lowest BCUT2D eigenvalue weighted by atomic mass is 10.1. The SMILES string of the molecule is NCCC#Cc1ccc2ncnc(N)c2c1. The summed E-state index contributed by atoms with van der Waals surface area (Å²) >= 11 is 0. The first-order valence-corrected chi connectivity index (χ1v) is 5.00. The predicted octanol–water partition coefficient (Wildman–Crippen LogP) is 0.912. The fraction of sp³-hybridized carbons (Fsp3) is 0.167. The Balaban J connectivity index is 2.44. The number of benzene rings is 1. The van der Waals surface area contributed by atoms with Gasteiger partial charge in [0.05, 0.1) is 5.52 Å². The molecule has 0 aliphatic rings. The van der Waals surface area contributed by atoms with Crippen LogP contribution in [0.15, 0.2) is 24.5 Å². The van der Waals surface area contributed by atoms with Gasteiger partial charge in [-0.2, -0.15) is 0 Å². The molecule has 1 aromatic heterocycles. The molecule has 1 aromatic carbocycles. The van der Waals surface area contributed by atoms with Crippen LogP contribution in [-0.4, -0.2) is 16.5 Å². The van der Waals surface area contributed by atoms with Crippen molar-refractivity contribution in [3.63, 3.8) is 0 Å². The minimum Gasteiger partial charge on any atom is -0.383 e. The molecule has 4 N–H and O–H groups in total. The maximum Gasteiger partial charge on any atom is 0.134 e. The summed E-state index contributed by atoms with van der Waals surface area (Å²) in [6.45, 7) is 0.575. The van der Waals surface area contributed by atoms with Crippen LogP contribution in [0.5, 0.6) is 0 Å². The number of hydrogen-bond acceptors (Lipinski definition) is 4. The maximum atomic E-state index is 5.76. The number of anilines is 1. The van der Waals surface area contributed by atoms with Gasteiger partial charge in [0.2, 0.25) is 0 Å². The van der Waals surface area contributed by atoms with Gasteiger partial charge in [-0.3, -0.25) is 0 Å². The Labute approximate surface area is 93.7 Å². The molecule has 0 saturated heterocycles.